The van der Waals surface area contributed by atoms with Gasteiger partial charge in [-0.3, -0.25) is 4.79 Å². The number of fused-ring (bicyclic) bond motifs is 1. The van der Waals surface area contributed by atoms with E-state index in [0.717, 1.165) is 12.0 Å². The van der Waals surface area contributed by atoms with Gasteiger partial charge in [0.1, 0.15) is 0 Å². The molecule has 1 aromatic carbocycles. The molecule has 0 fully saturated rings. The highest BCUT2D eigenvalue weighted by Crippen LogP contribution is 2.35. The summed E-state index contributed by atoms with van der Waals surface area (Å²) < 4.78 is 5.33. The van der Waals surface area contributed by atoms with Crippen LogP contribution in [0.25, 0.3) is 0 Å². The van der Waals surface area contributed by atoms with Crippen molar-refractivity contribution in [2.45, 2.75) is 58.8 Å². The molecule has 1 unspecified atom stereocenters. The number of hydrogen-bond donors (Lipinski definition) is 0. The molecule has 0 aromatic heterocycles. The Morgan fingerprint density at radius 1 is 1.25 bits per heavy atom. The minimum Gasteiger partial charge on any atom is -0.465 e. The molecule has 1 atom stereocenters. The van der Waals surface area contributed by atoms with E-state index in [-0.39, 0.29) is 11.9 Å². The first kappa shape index (κ1) is 15.1. The van der Waals surface area contributed by atoms with Gasteiger partial charge in [0, 0.05) is 0 Å². The highest BCUT2D eigenvalue weighted by Gasteiger charge is 2.40. The number of carbonyl (C=O) groups is 1. The fourth-order valence-electron chi connectivity index (χ4n) is 3.02. The van der Waals surface area contributed by atoms with Crippen LogP contribution >= 0.6 is 0 Å². The minimum atomic E-state index is -0.553. The lowest BCUT2D eigenvalue weighted by Crippen LogP contribution is -2.39. The first-order chi connectivity index (χ1) is 9.50. The van der Waals surface area contributed by atoms with Crippen molar-refractivity contribution in [1.29, 1.82) is 0 Å². The smallest absolute Gasteiger partial charge is 0.316 e. The molecule has 0 aliphatic heterocycles. The summed E-state index contributed by atoms with van der Waals surface area (Å²) in [6.07, 6.45) is 4.85. The zero-order valence-electron chi connectivity index (χ0n) is 13.2. The standard InChI is InChI=1S/C18H26O2/c1-5-20-17(19)18(4,13(2)3)16-11-10-14-8-6-7-9-15(14)12-16/h10-13H,5-9H2,1-4H3. The molecule has 1 aromatic rings. The van der Waals surface area contributed by atoms with Gasteiger partial charge >= 0.3 is 5.97 Å². The van der Waals surface area contributed by atoms with E-state index < -0.39 is 5.41 Å². The van der Waals surface area contributed by atoms with Crippen LogP contribution < -0.4 is 0 Å². The topological polar surface area (TPSA) is 26.3 Å². The zero-order chi connectivity index (χ0) is 14.8. The van der Waals surface area contributed by atoms with E-state index in [4.69, 9.17) is 4.74 Å². The molecule has 0 saturated heterocycles. The summed E-state index contributed by atoms with van der Waals surface area (Å²) >= 11 is 0. The van der Waals surface area contributed by atoms with Gasteiger partial charge < -0.3 is 4.74 Å². The Bertz CT molecular complexity index is 490. The largest absolute Gasteiger partial charge is 0.465 e. The molecule has 2 heteroatoms. The summed E-state index contributed by atoms with van der Waals surface area (Å²) in [5.41, 5.74) is 3.43. The van der Waals surface area contributed by atoms with Crippen molar-refractivity contribution in [3.8, 4) is 0 Å². The quantitative estimate of drug-likeness (QED) is 0.774. The van der Waals surface area contributed by atoms with Gasteiger partial charge in [-0.05, 0) is 62.1 Å². The Labute approximate surface area is 122 Å². The molecular weight excluding hydrogens is 248 g/mol. The van der Waals surface area contributed by atoms with Gasteiger partial charge in [0.15, 0.2) is 0 Å². The molecule has 0 amide bonds. The third-order valence-electron chi connectivity index (χ3n) is 4.80. The number of esters is 1. The lowest BCUT2D eigenvalue weighted by molar-refractivity contribution is -0.151. The van der Waals surface area contributed by atoms with E-state index in [0.29, 0.717) is 6.61 Å². The maximum Gasteiger partial charge on any atom is 0.316 e. The fraction of sp³-hybridized carbons (Fsp3) is 0.611. The van der Waals surface area contributed by atoms with E-state index in [1.54, 1.807) is 0 Å². The maximum absolute atomic E-state index is 12.5. The molecule has 0 heterocycles. The SMILES string of the molecule is CCOC(=O)C(C)(c1ccc2c(c1)CCCC2)C(C)C. The van der Waals surface area contributed by atoms with Gasteiger partial charge in [0.2, 0.25) is 0 Å². The van der Waals surface area contributed by atoms with Crippen LogP contribution in [0.2, 0.25) is 0 Å². The van der Waals surface area contributed by atoms with Crippen LogP contribution in [-0.4, -0.2) is 12.6 Å². The number of hydrogen-bond acceptors (Lipinski definition) is 2. The van der Waals surface area contributed by atoms with Crippen molar-refractivity contribution < 1.29 is 9.53 Å². The lowest BCUT2D eigenvalue weighted by Gasteiger charge is -2.33. The Kier molecular flexibility index (Phi) is 4.52. The van der Waals surface area contributed by atoms with Crippen molar-refractivity contribution in [2.24, 2.45) is 5.92 Å². The van der Waals surface area contributed by atoms with E-state index in [9.17, 15) is 4.79 Å². The van der Waals surface area contributed by atoms with Crippen LogP contribution in [0.3, 0.4) is 0 Å². The minimum absolute atomic E-state index is 0.106. The van der Waals surface area contributed by atoms with E-state index in [1.807, 2.05) is 13.8 Å². The van der Waals surface area contributed by atoms with Crippen molar-refractivity contribution in [2.75, 3.05) is 6.61 Å². The first-order valence-electron chi connectivity index (χ1n) is 7.79. The van der Waals surface area contributed by atoms with Crippen LogP contribution in [0.1, 0.15) is 57.2 Å². The molecule has 20 heavy (non-hydrogen) atoms. The molecular formula is C18H26O2. The van der Waals surface area contributed by atoms with Crippen molar-refractivity contribution in [1.82, 2.24) is 0 Å². The van der Waals surface area contributed by atoms with Gasteiger partial charge in [-0.2, -0.15) is 0 Å². The molecule has 0 saturated carbocycles. The molecule has 2 rings (SSSR count). The molecule has 0 N–H and O–H groups in total. The zero-order valence-corrected chi connectivity index (χ0v) is 13.2. The van der Waals surface area contributed by atoms with Crippen LogP contribution in [-0.2, 0) is 27.8 Å². The van der Waals surface area contributed by atoms with Crippen LogP contribution in [0.5, 0.6) is 0 Å². The normalized spacial score (nSPS) is 17.4. The average molecular weight is 274 g/mol. The maximum atomic E-state index is 12.5. The molecule has 0 radical (unpaired) electrons. The molecule has 1 aliphatic rings. The highest BCUT2D eigenvalue weighted by atomic mass is 16.5. The van der Waals surface area contributed by atoms with Crippen LogP contribution in [0.15, 0.2) is 18.2 Å². The molecule has 0 bridgehead atoms. The predicted octanol–water partition coefficient (Wildman–Crippen LogP) is 4.04. The van der Waals surface area contributed by atoms with E-state index in [1.165, 1.54) is 30.4 Å². The number of carbonyl (C=O) groups excluding carboxylic acids is 1. The Morgan fingerprint density at radius 2 is 1.90 bits per heavy atom. The lowest BCUT2D eigenvalue weighted by atomic mass is 9.72. The summed E-state index contributed by atoms with van der Waals surface area (Å²) in [7, 11) is 0. The van der Waals surface area contributed by atoms with Crippen LogP contribution in [0.4, 0.5) is 0 Å². The van der Waals surface area contributed by atoms with Crippen molar-refractivity contribution in [3.63, 3.8) is 0 Å². The number of rotatable bonds is 4. The molecule has 1 aliphatic carbocycles. The Morgan fingerprint density at radius 3 is 2.50 bits per heavy atom. The second kappa shape index (κ2) is 5.99. The molecule has 110 valence electrons. The van der Waals surface area contributed by atoms with Crippen LogP contribution in [0, 0.1) is 5.92 Å². The molecule has 0 spiro atoms. The number of ether oxygens (including phenoxy) is 1. The molecule has 2 nitrogen and oxygen atoms in total. The third kappa shape index (κ3) is 2.61. The summed E-state index contributed by atoms with van der Waals surface area (Å²) in [6.45, 7) is 8.50. The monoisotopic (exact) mass is 274 g/mol. The average Bonchev–Trinajstić information content (AvgIpc) is 2.45. The number of aryl methyl sites for hydroxylation is 2. The summed E-state index contributed by atoms with van der Waals surface area (Å²) in [5, 5.41) is 0. The van der Waals surface area contributed by atoms with Crippen molar-refractivity contribution in [3.05, 3.63) is 34.9 Å². The second-order valence-electron chi connectivity index (χ2n) is 6.27. The van der Waals surface area contributed by atoms with E-state index in [2.05, 4.69) is 32.0 Å². The highest BCUT2D eigenvalue weighted by molar-refractivity contribution is 5.83. The Balaban J connectivity index is 2.41. The number of benzene rings is 1. The van der Waals surface area contributed by atoms with Gasteiger partial charge in [0.25, 0.3) is 0 Å². The summed E-state index contributed by atoms with van der Waals surface area (Å²) in [5.74, 6) is 0.106. The Hall–Kier alpha value is -1.31. The van der Waals surface area contributed by atoms with Gasteiger partial charge in [-0.1, -0.05) is 32.0 Å². The van der Waals surface area contributed by atoms with Gasteiger partial charge in [0.05, 0.1) is 12.0 Å². The fourth-order valence-corrected chi connectivity index (χ4v) is 3.02. The predicted molar refractivity (Wildman–Crippen MR) is 81.9 cm³/mol. The van der Waals surface area contributed by atoms with Gasteiger partial charge in [-0.15, -0.1) is 0 Å². The van der Waals surface area contributed by atoms with Gasteiger partial charge in [-0.25, -0.2) is 0 Å². The van der Waals surface area contributed by atoms with E-state index >= 15 is 0 Å². The third-order valence-corrected chi connectivity index (χ3v) is 4.80. The summed E-state index contributed by atoms with van der Waals surface area (Å²) in [4.78, 5) is 12.5. The van der Waals surface area contributed by atoms with Crippen molar-refractivity contribution >= 4 is 5.97 Å². The first-order valence-corrected chi connectivity index (χ1v) is 7.79. The second-order valence-corrected chi connectivity index (χ2v) is 6.27. The summed E-state index contributed by atoms with van der Waals surface area (Å²) in [6, 6.07) is 6.58.